The van der Waals surface area contributed by atoms with Crippen LogP contribution < -0.4 is 16.0 Å². The second-order valence-electron chi connectivity index (χ2n) is 8.77. The molecule has 0 saturated carbocycles. The van der Waals surface area contributed by atoms with Crippen molar-refractivity contribution in [2.45, 2.75) is 57.5 Å². The van der Waals surface area contributed by atoms with Gasteiger partial charge in [0.15, 0.2) is 11.1 Å². The number of carbonyl (C=O) groups excluding carboxylic acids is 6. The van der Waals surface area contributed by atoms with Gasteiger partial charge in [0.1, 0.15) is 17.5 Å². The van der Waals surface area contributed by atoms with E-state index in [2.05, 4.69) is 16.0 Å². The maximum absolute atomic E-state index is 13.1. The Balaban J connectivity index is 1.78. The van der Waals surface area contributed by atoms with Crippen molar-refractivity contribution in [3.05, 3.63) is 34.9 Å². The lowest BCUT2D eigenvalue weighted by Gasteiger charge is -2.27. The molecule has 13 heteroatoms. The van der Waals surface area contributed by atoms with Crippen molar-refractivity contribution < 1.29 is 37.5 Å². The fourth-order valence-corrected chi connectivity index (χ4v) is 4.71. The maximum Gasteiger partial charge on any atom is 0.263 e. The summed E-state index contributed by atoms with van der Waals surface area (Å²) in [5.41, 5.74) is -0.446. The number of piperidine rings is 1. The number of fused-ring (bicyclic) bond motifs is 1. The van der Waals surface area contributed by atoms with Gasteiger partial charge in [0.05, 0.1) is 16.7 Å². The first kappa shape index (κ1) is 26.2. The zero-order chi connectivity index (χ0) is 26.0. The van der Waals surface area contributed by atoms with Gasteiger partial charge in [-0.25, -0.2) is 4.21 Å². The molecule has 0 aliphatic carbocycles. The topological polar surface area (TPSA) is 179 Å². The zero-order valence-corrected chi connectivity index (χ0v) is 20.1. The van der Waals surface area contributed by atoms with E-state index in [9.17, 15) is 37.5 Å². The number of amides is 6. The van der Waals surface area contributed by atoms with Gasteiger partial charge in [-0.15, -0.1) is 0 Å². The van der Waals surface area contributed by atoms with E-state index in [4.69, 9.17) is 0 Å². The summed E-state index contributed by atoms with van der Waals surface area (Å²) in [7, 11) is 0. The van der Waals surface area contributed by atoms with Crippen molar-refractivity contribution in [3.8, 4) is 0 Å². The number of imide groups is 2. The molecule has 188 valence electrons. The lowest BCUT2D eigenvalue weighted by atomic mass is 10.0. The molecule has 6 amide bonds. The molecular weight excluding hydrogens is 480 g/mol. The maximum atomic E-state index is 13.1. The van der Waals surface area contributed by atoms with Crippen LogP contribution in [0.2, 0.25) is 0 Å². The van der Waals surface area contributed by atoms with E-state index in [1.807, 2.05) is 13.8 Å². The van der Waals surface area contributed by atoms with Crippen LogP contribution in [0.3, 0.4) is 0 Å². The molecule has 1 aromatic rings. The van der Waals surface area contributed by atoms with Gasteiger partial charge in [0.2, 0.25) is 17.7 Å². The summed E-state index contributed by atoms with van der Waals surface area (Å²) in [6, 6.07) is 1.74. The molecule has 0 spiro atoms. The number of hydrogen-bond donors (Lipinski definition) is 4. The van der Waals surface area contributed by atoms with E-state index in [0.29, 0.717) is 0 Å². The third kappa shape index (κ3) is 5.46. The number of hydrogen-bond acceptors (Lipinski definition) is 7. The van der Waals surface area contributed by atoms with E-state index < -0.39 is 64.0 Å². The van der Waals surface area contributed by atoms with E-state index in [0.717, 1.165) is 4.90 Å². The average Bonchev–Trinajstić information content (AvgIpc) is 3.03. The van der Waals surface area contributed by atoms with Gasteiger partial charge in [-0.05, 0) is 37.8 Å². The summed E-state index contributed by atoms with van der Waals surface area (Å²) in [5, 5.41) is 5.93. The fraction of sp³-hybridized carbons (Fsp3) is 0.455. The molecule has 2 aliphatic heterocycles. The van der Waals surface area contributed by atoms with Crippen LogP contribution in [0.25, 0.3) is 0 Å². The lowest BCUT2D eigenvalue weighted by Crippen LogP contribution is -2.54. The molecule has 4 atom stereocenters. The molecule has 2 aliphatic rings. The Morgan fingerprint density at radius 1 is 1.14 bits per heavy atom. The van der Waals surface area contributed by atoms with Crippen LogP contribution in [0.5, 0.6) is 0 Å². The highest BCUT2D eigenvalue weighted by molar-refractivity contribution is 7.79. The number of nitrogens with zero attached hydrogens (tertiary/aromatic N) is 1. The van der Waals surface area contributed by atoms with Crippen LogP contribution >= 0.6 is 0 Å². The second-order valence-corrected chi connectivity index (χ2v) is 9.89. The van der Waals surface area contributed by atoms with E-state index >= 15 is 0 Å². The molecule has 0 aromatic heterocycles. The fourth-order valence-electron chi connectivity index (χ4n) is 3.95. The van der Waals surface area contributed by atoms with Crippen molar-refractivity contribution in [2.75, 3.05) is 0 Å². The van der Waals surface area contributed by atoms with Gasteiger partial charge >= 0.3 is 0 Å². The molecule has 4 N–H and O–H groups in total. The number of carbonyl (C=O) groups is 6. The molecule has 3 rings (SSSR count). The van der Waals surface area contributed by atoms with Crippen molar-refractivity contribution >= 4 is 46.5 Å². The third-order valence-electron chi connectivity index (χ3n) is 5.69. The Bertz CT molecular complexity index is 1130. The molecule has 0 bridgehead atoms. The molecule has 0 radical (unpaired) electrons. The summed E-state index contributed by atoms with van der Waals surface area (Å²) < 4.78 is 20.9. The molecular formula is C22H26N4O8S. The van der Waals surface area contributed by atoms with Gasteiger partial charge in [-0.2, -0.15) is 0 Å². The van der Waals surface area contributed by atoms with E-state index in [1.165, 1.54) is 25.1 Å². The standard InChI is InChI=1S/C22H26N4O8S/c1-10(2)9-16(35(33)34)25-18(28)11(3)23-19(29)12-5-4-6-13-17(12)22(32)26(21(13)31)14-7-8-15(27)24-20(14)30/h4-6,10-11,14,16H,7-9H2,1-3H3,(H,23,29)(H,25,28)(H,33,34)(H,24,27,30)/t11-,14?,16+/m0/s1. The van der Waals surface area contributed by atoms with Crippen LogP contribution in [0.15, 0.2) is 18.2 Å². The predicted octanol–water partition coefficient (Wildman–Crippen LogP) is -0.0838. The molecule has 35 heavy (non-hydrogen) atoms. The summed E-state index contributed by atoms with van der Waals surface area (Å²) in [6.45, 7) is 5.01. The smallest absolute Gasteiger partial charge is 0.263 e. The van der Waals surface area contributed by atoms with Gasteiger partial charge in [-0.1, -0.05) is 19.9 Å². The van der Waals surface area contributed by atoms with Crippen molar-refractivity contribution in [1.82, 2.24) is 20.9 Å². The first-order chi connectivity index (χ1) is 16.4. The summed E-state index contributed by atoms with van der Waals surface area (Å²) >= 11 is -2.32. The van der Waals surface area contributed by atoms with Crippen molar-refractivity contribution in [2.24, 2.45) is 5.92 Å². The Morgan fingerprint density at radius 2 is 1.83 bits per heavy atom. The largest absolute Gasteiger partial charge is 0.341 e. The molecule has 1 aromatic carbocycles. The predicted molar refractivity (Wildman–Crippen MR) is 122 cm³/mol. The third-order valence-corrected chi connectivity index (χ3v) is 6.48. The quantitative estimate of drug-likeness (QED) is 0.279. The minimum absolute atomic E-state index is 0.0291. The average molecular weight is 507 g/mol. The van der Waals surface area contributed by atoms with Crippen LogP contribution in [0, 0.1) is 5.92 Å². The first-order valence-electron chi connectivity index (χ1n) is 11.0. The van der Waals surface area contributed by atoms with Crippen molar-refractivity contribution in [3.63, 3.8) is 0 Å². The Labute approximate surface area is 203 Å². The Morgan fingerprint density at radius 3 is 2.43 bits per heavy atom. The highest BCUT2D eigenvalue weighted by atomic mass is 32.2. The molecule has 1 fully saturated rings. The van der Waals surface area contributed by atoms with Gasteiger partial charge in [0.25, 0.3) is 17.7 Å². The number of nitrogens with one attached hydrogen (secondary N) is 3. The molecule has 12 nitrogen and oxygen atoms in total. The minimum atomic E-state index is -2.32. The van der Waals surface area contributed by atoms with Crippen LogP contribution in [0.4, 0.5) is 0 Å². The summed E-state index contributed by atoms with van der Waals surface area (Å²) in [6.07, 6.45) is 0.174. The van der Waals surface area contributed by atoms with Crippen LogP contribution in [-0.2, 0) is 25.5 Å². The van der Waals surface area contributed by atoms with Crippen LogP contribution in [-0.4, -0.2) is 66.6 Å². The van der Waals surface area contributed by atoms with Gasteiger partial charge in [-0.3, -0.25) is 39.0 Å². The van der Waals surface area contributed by atoms with E-state index in [1.54, 1.807) is 0 Å². The monoisotopic (exact) mass is 506 g/mol. The highest BCUT2D eigenvalue weighted by Crippen LogP contribution is 2.30. The SMILES string of the molecule is CC(C)C[C@H](NC(=O)[C@H](C)NC(=O)c1cccc2c1C(=O)N(C1CCC(=O)NC1=O)C2=O)S(=O)O. The normalized spacial score (nSPS) is 20.3. The Hall–Kier alpha value is -3.45. The second kappa shape index (κ2) is 10.4. The molecule has 2 unspecified atom stereocenters. The Kier molecular flexibility index (Phi) is 7.80. The van der Waals surface area contributed by atoms with E-state index in [-0.39, 0.29) is 41.9 Å². The lowest BCUT2D eigenvalue weighted by molar-refractivity contribution is -0.136. The van der Waals surface area contributed by atoms with Crippen molar-refractivity contribution in [1.29, 1.82) is 0 Å². The molecule has 2 heterocycles. The van der Waals surface area contributed by atoms with Gasteiger partial charge in [0, 0.05) is 6.42 Å². The van der Waals surface area contributed by atoms with Crippen LogP contribution in [0.1, 0.15) is 71.1 Å². The number of benzene rings is 1. The van der Waals surface area contributed by atoms with Gasteiger partial charge < -0.3 is 15.2 Å². The highest BCUT2D eigenvalue weighted by Gasteiger charge is 2.46. The number of rotatable bonds is 8. The molecule has 1 saturated heterocycles. The minimum Gasteiger partial charge on any atom is -0.341 e. The first-order valence-corrected chi connectivity index (χ1v) is 12.1. The summed E-state index contributed by atoms with van der Waals surface area (Å²) in [5.74, 6) is -4.38. The zero-order valence-electron chi connectivity index (χ0n) is 19.3. The summed E-state index contributed by atoms with van der Waals surface area (Å²) in [4.78, 5) is 75.9.